The van der Waals surface area contributed by atoms with Gasteiger partial charge in [-0.2, -0.15) is 0 Å². The molecule has 2 aromatic heterocycles. The van der Waals surface area contributed by atoms with Crippen molar-refractivity contribution in [2.45, 2.75) is 38.4 Å². The van der Waals surface area contributed by atoms with Crippen molar-refractivity contribution in [2.75, 3.05) is 11.4 Å². The van der Waals surface area contributed by atoms with E-state index in [4.69, 9.17) is 0 Å². The number of nitrogens with zero attached hydrogens (tertiary/aromatic N) is 3. The summed E-state index contributed by atoms with van der Waals surface area (Å²) in [6.45, 7) is 4.17. The van der Waals surface area contributed by atoms with E-state index in [1.807, 2.05) is 28.4 Å². The molecule has 5 heteroatoms. The van der Waals surface area contributed by atoms with Gasteiger partial charge >= 0.3 is 0 Å². The first kappa shape index (κ1) is 13.9. The molecule has 4 rings (SSSR count). The number of fused-ring (bicyclic) bond motifs is 1. The van der Waals surface area contributed by atoms with E-state index in [1.165, 1.54) is 9.75 Å². The number of anilines is 1. The molecule has 2 atom stereocenters. The molecule has 0 aromatic carbocycles. The Kier molecular flexibility index (Phi) is 3.47. The SMILES string of the molecule is Cc1ccc(CN2CC[C@@H]3[C@@H]2CC(=O)N3c2cccnc2)s1. The molecule has 1 amide bonds. The van der Waals surface area contributed by atoms with Crippen molar-refractivity contribution in [1.29, 1.82) is 0 Å². The number of aryl methyl sites for hydroxylation is 1. The molecule has 2 aliphatic heterocycles. The highest BCUT2D eigenvalue weighted by atomic mass is 32.1. The molecular weight excluding hydrogens is 294 g/mol. The number of amides is 1. The lowest BCUT2D eigenvalue weighted by Gasteiger charge is -2.25. The number of pyridine rings is 1. The molecule has 0 unspecified atom stereocenters. The molecule has 0 N–H and O–H groups in total. The van der Waals surface area contributed by atoms with Crippen LogP contribution in [-0.2, 0) is 11.3 Å². The molecule has 2 fully saturated rings. The van der Waals surface area contributed by atoms with Crippen molar-refractivity contribution >= 4 is 22.9 Å². The van der Waals surface area contributed by atoms with E-state index in [0.29, 0.717) is 18.5 Å². The quantitative estimate of drug-likeness (QED) is 0.874. The van der Waals surface area contributed by atoms with E-state index >= 15 is 0 Å². The van der Waals surface area contributed by atoms with E-state index in [9.17, 15) is 4.79 Å². The second kappa shape index (κ2) is 5.48. The van der Waals surface area contributed by atoms with Gasteiger partial charge in [-0.25, -0.2) is 0 Å². The second-order valence-electron chi connectivity index (χ2n) is 6.09. The summed E-state index contributed by atoms with van der Waals surface area (Å²) in [7, 11) is 0. The molecule has 0 saturated carbocycles. The van der Waals surface area contributed by atoms with E-state index in [0.717, 1.165) is 25.2 Å². The zero-order chi connectivity index (χ0) is 15.1. The zero-order valence-corrected chi connectivity index (χ0v) is 13.4. The summed E-state index contributed by atoms with van der Waals surface area (Å²) in [5.74, 6) is 0.232. The Labute approximate surface area is 134 Å². The number of rotatable bonds is 3. The standard InChI is InChI=1S/C17H19N3OS/c1-12-4-5-14(22-12)11-19-8-6-15-16(19)9-17(21)20(15)13-3-2-7-18-10-13/h2-5,7,10,15-16H,6,8-9,11H2,1H3/t15-,16+/m1/s1. The molecule has 0 radical (unpaired) electrons. The molecule has 0 aliphatic carbocycles. The van der Waals surface area contributed by atoms with Crippen molar-refractivity contribution < 1.29 is 4.79 Å². The molecule has 4 heterocycles. The molecule has 2 aromatic rings. The van der Waals surface area contributed by atoms with Crippen LogP contribution in [0.1, 0.15) is 22.6 Å². The molecule has 2 saturated heterocycles. The van der Waals surface area contributed by atoms with Gasteiger partial charge in [0.25, 0.3) is 0 Å². The van der Waals surface area contributed by atoms with Gasteiger partial charge in [-0.1, -0.05) is 0 Å². The first-order valence-electron chi connectivity index (χ1n) is 7.74. The number of thiophene rings is 1. The van der Waals surface area contributed by atoms with Crippen molar-refractivity contribution in [3.63, 3.8) is 0 Å². The van der Waals surface area contributed by atoms with E-state index in [1.54, 1.807) is 12.4 Å². The van der Waals surface area contributed by atoms with Crippen LogP contribution in [-0.4, -0.2) is 34.4 Å². The highest BCUT2D eigenvalue weighted by Gasteiger charge is 2.47. The van der Waals surface area contributed by atoms with Gasteiger partial charge in [-0.05, 0) is 37.6 Å². The second-order valence-corrected chi connectivity index (χ2v) is 7.46. The van der Waals surface area contributed by atoms with E-state index < -0.39 is 0 Å². The van der Waals surface area contributed by atoms with Gasteiger partial charge in [0, 0.05) is 41.5 Å². The van der Waals surface area contributed by atoms with Crippen LogP contribution in [0.5, 0.6) is 0 Å². The van der Waals surface area contributed by atoms with Gasteiger partial charge in [0.15, 0.2) is 0 Å². The van der Waals surface area contributed by atoms with Crippen LogP contribution >= 0.6 is 11.3 Å². The van der Waals surface area contributed by atoms with Gasteiger partial charge in [-0.3, -0.25) is 14.7 Å². The van der Waals surface area contributed by atoms with E-state index in [-0.39, 0.29) is 5.91 Å². The summed E-state index contributed by atoms with van der Waals surface area (Å²) >= 11 is 1.86. The Balaban J connectivity index is 1.54. The van der Waals surface area contributed by atoms with Crippen molar-refractivity contribution in [1.82, 2.24) is 9.88 Å². The molecular formula is C17H19N3OS. The molecule has 0 bridgehead atoms. The number of likely N-dealkylation sites (tertiary alicyclic amines) is 1. The smallest absolute Gasteiger partial charge is 0.229 e. The summed E-state index contributed by atoms with van der Waals surface area (Å²) in [6.07, 6.45) is 5.23. The fourth-order valence-corrected chi connectivity index (χ4v) is 4.64. The number of carbonyl (C=O) groups is 1. The number of hydrogen-bond donors (Lipinski definition) is 0. The fourth-order valence-electron chi connectivity index (χ4n) is 3.73. The minimum absolute atomic E-state index is 0.232. The lowest BCUT2D eigenvalue weighted by atomic mass is 10.1. The number of carbonyl (C=O) groups excluding carboxylic acids is 1. The summed E-state index contributed by atoms with van der Waals surface area (Å²) in [6, 6.07) is 8.92. The molecule has 22 heavy (non-hydrogen) atoms. The third-order valence-electron chi connectivity index (χ3n) is 4.69. The summed E-state index contributed by atoms with van der Waals surface area (Å²) < 4.78 is 0. The monoisotopic (exact) mass is 313 g/mol. The van der Waals surface area contributed by atoms with Gasteiger partial charge in [0.2, 0.25) is 5.91 Å². The summed E-state index contributed by atoms with van der Waals surface area (Å²) in [5, 5.41) is 0. The Hall–Kier alpha value is -1.72. The highest BCUT2D eigenvalue weighted by Crippen LogP contribution is 2.36. The Morgan fingerprint density at radius 1 is 1.32 bits per heavy atom. The summed E-state index contributed by atoms with van der Waals surface area (Å²) in [5.41, 5.74) is 0.939. The van der Waals surface area contributed by atoms with Crippen LogP contribution in [0.2, 0.25) is 0 Å². The molecule has 2 aliphatic rings. The van der Waals surface area contributed by atoms with Crippen LogP contribution in [0.15, 0.2) is 36.7 Å². The van der Waals surface area contributed by atoms with Crippen LogP contribution in [0.4, 0.5) is 5.69 Å². The summed E-state index contributed by atoms with van der Waals surface area (Å²) in [4.78, 5) is 23.8. The molecule has 114 valence electrons. The van der Waals surface area contributed by atoms with Crippen LogP contribution in [0.3, 0.4) is 0 Å². The van der Waals surface area contributed by atoms with Gasteiger partial charge < -0.3 is 4.90 Å². The third-order valence-corrected chi connectivity index (χ3v) is 5.67. The molecule has 4 nitrogen and oxygen atoms in total. The number of hydrogen-bond acceptors (Lipinski definition) is 4. The highest BCUT2D eigenvalue weighted by molar-refractivity contribution is 7.11. The minimum atomic E-state index is 0.232. The van der Waals surface area contributed by atoms with Crippen molar-refractivity contribution in [2.24, 2.45) is 0 Å². The molecule has 0 spiro atoms. The maximum Gasteiger partial charge on any atom is 0.229 e. The average molecular weight is 313 g/mol. The van der Waals surface area contributed by atoms with Crippen LogP contribution < -0.4 is 4.90 Å². The predicted molar refractivity (Wildman–Crippen MR) is 88.0 cm³/mol. The number of aromatic nitrogens is 1. The van der Waals surface area contributed by atoms with Gasteiger partial charge in [0.1, 0.15) is 0 Å². The van der Waals surface area contributed by atoms with Crippen LogP contribution in [0, 0.1) is 6.92 Å². The van der Waals surface area contributed by atoms with Gasteiger partial charge in [-0.15, -0.1) is 11.3 Å². The fraction of sp³-hybridized carbons (Fsp3) is 0.412. The Morgan fingerprint density at radius 3 is 2.95 bits per heavy atom. The lowest BCUT2D eigenvalue weighted by Crippen LogP contribution is -2.37. The lowest BCUT2D eigenvalue weighted by molar-refractivity contribution is -0.117. The Morgan fingerprint density at radius 2 is 2.23 bits per heavy atom. The minimum Gasteiger partial charge on any atom is -0.306 e. The average Bonchev–Trinajstić information content (AvgIpc) is 3.17. The van der Waals surface area contributed by atoms with Crippen LogP contribution in [0.25, 0.3) is 0 Å². The van der Waals surface area contributed by atoms with E-state index in [2.05, 4.69) is 28.9 Å². The normalized spacial score (nSPS) is 25.0. The first-order chi connectivity index (χ1) is 10.7. The maximum absolute atomic E-state index is 12.5. The Bertz CT molecular complexity index is 684. The zero-order valence-electron chi connectivity index (χ0n) is 12.6. The van der Waals surface area contributed by atoms with Crippen molar-refractivity contribution in [3.8, 4) is 0 Å². The first-order valence-corrected chi connectivity index (χ1v) is 8.55. The topological polar surface area (TPSA) is 36.4 Å². The predicted octanol–water partition coefficient (Wildman–Crippen LogP) is 2.83. The van der Waals surface area contributed by atoms with Crippen molar-refractivity contribution in [3.05, 3.63) is 46.4 Å². The maximum atomic E-state index is 12.5. The third kappa shape index (κ3) is 2.34. The van der Waals surface area contributed by atoms with Gasteiger partial charge in [0.05, 0.1) is 17.9 Å². The largest absolute Gasteiger partial charge is 0.306 e.